The zero-order chi connectivity index (χ0) is 14.8. The summed E-state index contributed by atoms with van der Waals surface area (Å²) in [4.78, 5) is 8.92. The van der Waals surface area contributed by atoms with Gasteiger partial charge in [0, 0.05) is 13.6 Å². The van der Waals surface area contributed by atoms with E-state index in [2.05, 4.69) is 15.3 Å². The Kier molecular flexibility index (Phi) is 4.01. The monoisotopic (exact) mass is 305 g/mol. The van der Waals surface area contributed by atoms with E-state index in [1.54, 1.807) is 0 Å². The van der Waals surface area contributed by atoms with Crippen molar-refractivity contribution in [1.82, 2.24) is 14.9 Å². The number of aromatic nitrogens is 2. The van der Waals surface area contributed by atoms with Crippen LogP contribution in [0.1, 0.15) is 25.1 Å². The van der Waals surface area contributed by atoms with Crippen molar-refractivity contribution in [3.05, 3.63) is 29.0 Å². The van der Waals surface area contributed by atoms with Crippen LogP contribution < -0.4 is 11.1 Å². The van der Waals surface area contributed by atoms with Crippen LogP contribution in [0.4, 0.5) is 0 Å². The van der Waals surface area contributed by atoms with Crippen LogP contribution >= 0.6 is 11.6 Å². The van der Waals surface area contributed by atoms with Gasteiger partial charge in [-0.3, -0.25) is 0 Å². The molecule has 1 heterocycles. The lowest BCUT2D eigenvalue weighted by Crippen LogP contribution is -2.37. The second kappa shape index (κ2) is 5.93. The van der Waals surface area contributed by atoms with Gasteiger partial charge in [0.1, 0.15) is 12.4 Å². The maximum absolute atomic E-state index is 6.21. The van der Waals surface area contributed by atoms with Gasteiger partial charge in [-0.05, 0) is 30.9 Å². The van der Waals surface area contributed by atoms with Crippen molar-refractivity contribution >= 4 is 28.6 Å². The molecule has 3 N–H and O–H groups in total. The van der Waals surface area contributed by atoms with E-state index in [9.17, 15) is 0 Å². The molecule has 0 amide bonds. The number of aliphatic imine (C=N–C) groups is 1. The lowest BCUT2D eigenvalue weighted by molar-refractivity contribution is 0.315. The summed E-state index contributed by atoms with van der Waals surface area (Å²) in [6.45, 7) is 1.37. The maximum Gasteiger partial charge on any atom is 0.189 e. The largest absolute Gasteiger partial charge is 0.370 e. The highest BCUT2D eigenvalue weighted by molar-refractivity contribution is 6.35. The molecule has 0 atom stereocenters. The van der Waals surface area contributed by atoms with Gasteiger partial charge in [-0.2, -0.15) is 0 Å². The van der Waals surface area contributed by atoms with Crippen molar-refractivity contribution in [2.45, 2.75) is 25.8 Å². The molecule has 6 heteroatoms. The highest BCUT2D eigenvalue weighted by atomic mass is 35.5. The van der Waals surface area contributed by atoms with E-state index in [1.165, 1.54) is 19.3 Å². The standard InChI is InChI=1S/C15H20ClN5/c1-21-13(20-12-7-3-6-11(16)14(12)21)9-19-15(17)18-8-10-4-2-5-10/h3,6-7,10H,2,4-5,8-9H2,1H3,(H3,17,18,19). The van der Waals surface area contributed by atoms with Gasteiger partial charge < -0.3 is 15.6 Å². The van der Waals surface area contributed by atoms with Crippen LogP contribution in [0.5, 0.6) is 0 Å². The van der Waals surface area contributed by atoms with E-state index < -0.39 is 0 Å². The SMILES string of the molecule is Cn1c(CN=C(N)NCC2CCC2)nc2cccc(Cl)c21. The Morgan fingerprint density at radius 2 is 2.33 bits per heavy atom. The summed E-state index contributed by atoms with van der Waals surface area (Å²) in [6.07, 6.45) is 3.93. The molecule has 5 nitrogen and oxygen atoms in total. The number of fused-ring (bicyclic) bond motifs is 1. The van der Waals surface area contributed by atoms with Crippen molar-refractivity contribution in [1.29, 1.82) is 0 Å². The molecule has 0 saturated heterocycles. The third-order valence-electron chi connectivity index (χ3n) is 4.13. The molecule has 21 heavy (non-hydrogen) atoms. The van der Waals surface area contributed by atoms with Crippen molar-refractivity contribution in [3.8, 4) is 0 Å². The van der Waals surface area contributed by atoms with Crippen molar-refractivity contribution in [2.75, 3.05) is 6.54 Å². The first-order chi connectivity index (χ1) is 10.1. The normalized spacial score (nSPS) is 16.2. The number of hydrogen-bond donors (Lipinski definition) is 2. The predicted octanol–water partition coefficient (Wildman–Crippen LogP) is 2.43. The first kappa shape index (κ1) is 14.2. The minimum Gasteiger partial charge on any atom is -0.370 e. The van der Waals surface area contributed by atoms with Gasteiger partial charge in [0.25, 0.3) is 0 Å². The number of nitrogens with zero attached hydrogens (tertiary/aromatic N) is 3. The lowest BCUT2D eigenvalue weighted by atomic mass is 9.85. The van der Waals surface area contributed by atoms with Crippen molar-refractivity contribution in [2.24, 2.45) is 23.7 Å². The summed E-state index contributed by atoms with van der Waals surface area (Å²) >= 11 is 6.21. The number of aryl methyl sites for hydroxylation is 1. The number of nitrogens with two attached hydrogens (primary N) is 1. The predicted molar refractivity (Wildman–Crippen MR) is 86.4 cm³/mol. The number of hydrogen-bond acceptors (Lipinski definition) is 2. The zero-order valence-corrected chi connectivity index (χ0v) is 12.9. The van der Waals surface area contributed by atoms with E-state index in [0.717, 1.165) is 29.3 Å². The number of benzene rings is 1. The second-order valence-corrected chi connectivity index (χ2v) is 5.98. The molecular formula is C15H20ClN5. The fourth-order valence-corrected chi connectivity index (χ4v) is 2.86. The molecule has 0 aliphatic heterocycles. The van der Waals surface area contributed by atoms with Gasteiger partial charge in [0.2, 0.25) is 0 Å². The quantitative estimate of drug-likeness (QED) is 0.673. The van der Waals surface area contributed by atoms with Crippen LogP contribution in [-0.4, -0.2) is 22.1 Å². The molecule has 1 fully saturated rings. The topological polar surface area (TPSA) is 68.2 Å². The molecule has 3 rings (SSSR count). The van der Waals surface area contributed by atoms with E-state index in [1.807, 2.05) is 29.8 Å². The summed E-state index contributed by atoms with van der Waals surface area (Å²) in [5.41, 5.74) is 7.72. The summed E-state index contributed by atoms with van der Waals surface area (Å²) in [7, 11) is 1.95. The second-order valence-electron chi connectivity index (χ2n) is 5.57. The van der Waals surface area contributed by atoms with Crippen LogP contribution in [-0.2, 0) is 13.6 Å². The minimum atomic E-state index is 0.449. The Morgan fingerprint density at radius 3 is 3.00 bits per heavy atom. The molecule has 1 aromatic carbocycles. The zero-order valence-electron chi connectivity index (χ0n) is 12.1. The van der Waals surface area contributed by atoms with E-state index in [0.29, 0.717) is 17.5 Å². The van der Waals surface area contributed by atoms with E-state index in [-0.39, 0.29) is 0 Å². The summed E-state index contributed by atoms with van der Waals surface area (Å²) < 4.78 is 1.97. The number of nitrogens with one attached hydrogen (secondary N) is 1. The molecule has 0 bridgehead atoms. The number of rotatable bonds is 4. The Balaban J connectivity index is 1.69. The van der Waals surface area contributed by atoms with Crippen LogP contribution in [0.15, 0.2) is 23.2 Å². The van der Waals surface area contributed by atoms with Gasteiger partial charge in [-0.15, -0.1) is 0 Å². The van der Waals surface area contributed by atoms with E-state index >= 15 is 0 Å². The first-order valence-electron chi connectivity index (χ1n) is 7.29. The van der Waals surface area contributed by atoms with Crippen LogP contribution in [0.2, 0.25) is 5.02 Å². The molecule has 1 aliphatic rings. The highest BCUT2D eigenvalue weighted by Crippen LogP contribution is 2.25. The molecule has 1 aliphatic carbocycles. The van der Waals surface area contributed by atoms with Gasteiger partial charge in [-0.25, -0.2) is 9.98 Å². The van der Waals surface area contributed by atoms with Crippen LogP contribution in [0.3, 0.4) is 0 Å². The van der Waals surface area contributed by atoms with Gasteiger partial charge in [0.05, 0.1) is 16.1 Å². The van der Waals surface area contributed by atoms with Crippen molar-refractivity contribution < 1.29 is 0 Å². The average molecular weight is 306 g/mol. The Labute approximate surface area is 129 Å². The number of imidazole rings is 1. The number of halogens is 1. The molecular weight excluding hydrogens is 286 g/mol. The number of para-hydroxylation sites is 1. The van der Waals surface area contributed by atoms with Crippen LogP contribution in [0.25, 0.3) is 11.0 Å². The highest BCUT2D eigenvalue weighted by Gasteiger charge is 2.17. The first-order valence-corrected chi connectivity index (χ1v) is 7.66. The van der Waals surface area contributed by atoms with E-state index in [4.69, 9.17) is 17.3 Å². The maximum atomic E-state index is 6.21. The Morgan fingerprint density at radius 1 is 1.52 bits per heavy atom. The van der Waals surface area contributed by atoms with Crippen molar-refractivity contribution in [3.63, 3.8) is 0 Å². The van der Waals surface area contributed by atoms with Gasteiger partial charge in [-0.1, -0.05) is 24.1 Å². The third-order valence-corrected chi connectivity index (χ3v) is 4.43. The Hall–Kier alpha value is -1.75. The fourth-order valence-electron chi connectivity index (χ4n) is 2.57. The van der Waals surface area contributed by atoms with Gasteiger partial charge in [0.15, 0.2) is 5.96 Å². The molecule has 112 valence electrons. The molecule has 0 spiro atoms. The smallest absolute Gasteiger partial charge is 0.189 e. The summed E-state index contributed by atoms with van der Waals surface area (Å²) in [6, 6.07) is 5.72. The Bertz CT molecular complexity index is 672. The lowest BCUT2D eigenvalue weighted by Gasteiger charge is -2.25. The summed E-state index contributed by atoms with van der Waals surface area (Å²) in [5.74, 6) is 2.10. The minimum absolute atomic E-state index is 0.449. The molecule has 1 saturated carbocycles. The number of guanidine groups is 1. The third kappa shape index (κ3) is 2.97. The summed E-state index contributed by atoms with van der Waals surface area (Å²) in [5, 5.41) is 3.89. The van der Waals surface area contributed by atoms with Crippen LogP contribution in [0, 0.1) is 5.92 Å². The van der Waals surface area contributed by atoms with Gasteiger partial charge >= 0.3 is 0 Å². The molecule has 0 unspecified atom stereocenters. The molecule has 0 radical (unpaired) electrons. The molecule has 2 aromatic rings. The molecule has 1 aromatic heterocycles. The fraction of sp³-hybridized carbons (Fsp3) is 0.467. The average Bonchev–Trinajstić information content (AvgIpc) is 2.73.